The number of carbonyl (C=O) groups is 1. The molecule has 3 aliphatic carbocycles. The third-order valence-electron chi connectivity index (χ3n) is 9.15. The fourth-order valence-corrected chi connectivity index (χ4v) is 8.34. The molecule has 0 spiro atoms. The molecule has 3 fully saturated rings. The fourth-order valence-electron chi connectivity index (χ4n) is 6.96. The van der Waals surface area contributed by atoms with Crippen molar-refractivity contribution in [2.45, 2.75) is 43.5 Å². The first kappa shape index (κ1) is 29.2. The van der Waals surface area contributed by atoms with E-state index < -0.39 is 56.7 Å². The molecule has 45 heavy (non-hydrogen) atoms. The topological polar surface area (TPSA) is 114 Å². The van der Waals surface area contributed by atoms with Gasteiger partial charge in [0.05, 0.1) is 16.3 Å². The van der Waals surface area contributed by atoms with Gasteiger partial charge in [-0.15, -0.1) is 0 Å². The number of carboxylic acids is 1. The first-order valence-corrected chi connectivity index (χ1v) is 15.8. The predicted octanol–water partition coefficient (Wildman–Crippen LogP) is 6.65. The van der Waals surface area contributed by atoms with Gasteiger partial charge in [-0.3, -0.25) is 4.79 Å². The Morgan fingerprint density at radius 3 is 2.24 bits per heavy atom. The van der Waals surface area contributed by atoms with Crippen molar-refractivity contribution in [3.8, 4) is 11.4 Å². The molecule has 2 heterocycles. The second kappa shape index (κ2) is 10.5. The summed E-state index contributed by atoms with van der Waals surface area (Å²) in [6.07, 6.45) is 4.17. The Balaban J connectivity index is 1.45. The van der Waals surface area contributed by atoms with Gasteiger partial charge in [-0.1, -0.05) is 17.7 Å². The summed E-state index contributed by atoms with van der Waals surface area (Å²) in [5.74, 6) is -6.56. The zero-order valence-corrected chi connectivity index (χ0v) is 24.6. The van der Waals surface area contributed by atoms with Crippen LogP contribution in [-0.4, -0.2) is 39.5 Å². The fraction of sp³-hybridized carbons (Fsp3) is 0.281. The maximum atomic E-state index is 15.4. The van der Waals surface area contributed by atoms with E-state index in [9.17, 15) is 31.5 Å². The first-order valence-electron chi connectivity index (χ1n) is 14.4. The Labute approximate surface area is 254 Å². The molecular formula is C32H26F4N4O4S. The minimum Gasteiger partial charge on any atom is -0.481 e. The van der Waals surface area contributed by atoms with Crippen LogP contribution in [0.1, 0.15) is 31.2 Å². The molecule has 8 rings (SSSR count). The van der Waals surface area contributed by atoms with E-state index in [1.807, 2.05) is 0 Å². The highest BCUT2D eigenvalue weighted by Crippen LogP contribution is 2.47. The molecule has 2 aromatic heterocycles. The first-order chi connectivity index (χ1) is 21.4. The molecule has 5 aromatic rings. The van der Waals surface area contributed by atoms with Gasteiger partial charge in [-0.2, -0.15) is 0 Å². The van der Waals surface area contributed by atoms with E-state index in [0.29, 0.717) is 10.0 Å². The van der Waals surface area contributed by atoms with Gasteiger partial charge in [0.2, 0.25) is 0 Å². The number of aryl methyl sites for hydroxylation is 1. The standard InChI is InChI=1S/C32H26F4N4O4S/c1-15-2-8-19(9-3-15)45(43,44)40-14-22(20-10-18(33)11-25(36)29(20)40)31-37-26-13-24(35)23(34)12-21(26)30(39-31)38-28-17-6-4-16(5-7-17)27(28)32(41)42/h2-3,8-14,16-17,27-28H,4-7H2,1H3,(H,41,42)(H,37,38,39). The molecule has 0 aliphatic heterocycles. The summed E-state index contributed by atoms with van der Waals surface area (Å²) >= 11 is 0. The van der Waals surface area contributed by atoms with E-state index in [0.717, 1.165) is 55.6 Å². The van der Waals surface area contributed by atoms with Crippen LogP contribution in [0, 0.1) is 47.9 Å². The molecule has 232 valence electrons. The van der Waals surface area contributed by atoms with Crippen LogP contribution < -0.4 is 5.32 Å². The van der Waals surface area contributed by atoms with Crippen LogP contribution in [0.5, 0.6) is 0 Å². The van der Waals surface area contributed by atoms with Gasteiger partial charge >= 0.3 is 5.97 Å². The molecule has 13 heteroatoms. The maximum absolute atomic E-state index is 15.4. The summed E-state index contributed by atoms with van der Waals surface area (Å²) in [7, 11) is -4.41. The van der Waals surface area contributed by atoms with Gasteiger partial charge < -0.3 is 10.4 Å². The molecule has 3 aliphatic rings. The molecule has 0 radical (unpaired) electrons. The van der Waals surface area contributed by atoms with Crippen molar-refractivity contribution in [2.75, 3.05) is 5.32 Å². The number of aromatic nitrogens is 3. The second-order valence-corrected chi connectivity index (χ2v) is 13.6. The summed E-state index contributed by atoms with van der Waals surface area (Å²) in [5.41, 5.74) is 0.179. The highest BCUT2D eigenvalue weighted by molar-refractivity contribution is 7.90. The van der Waals surface area contributed by atoms with Gasteiger partial charge in [-0.05, 0) is 68.7 Å². The molecule has 8 nitrogen and oxygen atoms in total. The van der Waals surface area contributed by atoms with Crippen molar-refractivity contribution >= 4 is 43.6 Å². The van der Waals surface area contributed by atoms with Crippen LogP contribution in [0.2, 0.25) is 0 Å². The number of nitrogens with one attached hydrogen (secondary N) is 1. The van der Waals surface area contributed by atoms with Gasteiger partial charge in [0.1, 0.15) is 17.2 Å². The van der Waals surface area contributed by atoms with E-state index in [1.54, 1.807) is 19.1 Å². The lowest BCUT2D eigenvalue weighted by Gasteiger charge is -2.47. The number of anilines is 1. The van der Waals surface area contributed by atoms with Gasteiger partial charge in [-0.25, -0.2) is 39.9 Å². The van der Waals surface area contributed by atoms with E-state index in [1.165, 1.54) is 12.1 Å². The van der Waals surface area contributed by atoms with Gasteiger partial charge in [0, 0.05) is 40.7 Å². The Kier molecular flexibility index (Phi) is 6.84. The summed E-state index contributed by atoms with van der Waals surface area (Å²) in [4.78, 5) is 21.1. The third kappa shape index (κ3) is 4.80. The Morgan fingerprint density at radius 1 is 0.889 bits per heavy atom. The molecule has 3 aromatic carbocycles. The number of aliphatic carboxylic acids is 1. The maximum Gasteiger partial charge on any atom is 0.308 e. The van der Waals surface area contributed by atoms with E-state index in [-0.39, 0.29) is 50.2 Å². The number of nitrogens with zero attached hydrogens (tertiary/aromatic N) is 3. The highest BCUT2D eigenvalue weighted by atomic mass is 32.2. The predicted molar refractivity (Wildman–Crippen MR) is 158 cm³/mol. The number of rotatable bonds is 6. The lowest BCUT2D eigenvalue weighted by Crippen LogP contribution is -2.51. The molecular weight excluding hydrogens is 612 g/mol. The number of carboxylic acid groups (broad SMARTS) is 1. The number of fused-ring (bicyclic) bond motifs is 5. The van der Waals surface area contributed by atoms with Crippen LogP contribution in [0.3, 0.4) is 0 Å². The highest BCUT2D eigenvalue weighted by Gasteiger charge is 2.47. The summed E-state index contributed by atoms with van der Waals surface area (Å²) < 4.78 is 87.1. The largest absolute Gasteiger partial charge is 0.481 e. The van der Waals surface area contributed by atoms with Crippen molar-refractivity contribution in [2.24, 2.45) is 17.8 Å². The van der Waals surface area contributed by atoms with Crippen LogP contribution >= 0.6 is 0 Å². The van der Waals surface area contributed by atoms with E-state index in [4.69, 9.17) is 0 Å². The van der Waals surface area contributed by atoms with Crippen molar-refractivity contribution in [1.82, 2.24) is 13.9 Å². The quantitative estimate of drug-likeness (QED) is 0.200. The van der Waals surface area contributed by atoms with Gasteiger partial charge in [0.15, 0.2) is 23.3 Å². The summed E-state index contributed by atoms with van der Waals surface area (Å²) in [6.45, 7) is 1.77. The van der Waals surface area contributed by atoms with Crippen molar-refractivity contribution < 1.29 is 35.9 Å². The molecule has 2 bridgehead atoms. The molecule has 2 N–H and O–H groups in total. The lowest BCUT2D eigenvalue weighted by atomic mass is 9.61. The lowest BCUT2D eigenvalue weighted by molar-refractivity contribution is -0.148. The summed E-state index contributed by atoms with van der Waals surface area (Å²) in [6, 6.07) is 8.55. The van der Waals surface area contributed by atoms with Crippen molar-refractivity contribution in [3.63, 3.8) is 0 Å². The smallest absolute Gasteiger partial charge is 0.308 e. The molecule has 0 saturated heterocycles. The second-order valence-electron chi connectivity index (χ2n) is 11.8. The Hall–Kier alpha value is -4.52. The monoisotopic (exact) mass is 638 g/mol. The van der Waals surface area contributed by atoms with Crippen LogP contribution in [-0.2, 0) is 14.8 Å². The van der Waals surface area contributed by atoms with Crippen molar-refractivity contribution in [3.05, 3.63) is 83.6 Å². The van der Waals surface area contributed by atoms with Crippen molar-refractivity contribution in [1.29, 1.82) is 0 Å². The average molecular weight is 639 g/mol. The average Bonchev–Trinajstić information content (AvgIpc) is 3.39. The van der Waals surface area contributed by atoms with Crippen LogP contribution in [0.15, 0.2) is 59.6 Å². The zero-order chi connectivity index (χ0) is 31.8. The molecule has 0 amide bonds. The minimum absolute atomic E-state index is 0.00290. The SMILES string of the molecule is Cc1ccc(S(=O)(=O)n2cc(-c3nc(NC4C5CCC(CC5)C4C(=O)O)c4cc(F)c(F)cc4n3)c3cc(F)cc(F)c32)cc1. The Morgan fingerprint density at radius 2 is 1.56 bits per heavy atom. The third-order valence-corrected chi connectivity index (χ3v) is 10.8. The minimum atomic E-state index is -4.41. The zero-order valence-electron chi connectivity index (χ0n) is 23.8. The number of benzene rings is 3. The van der Waals surface area contributed by atoms with Gasteiger partial charge in [0.25, 0.3) is 10.0 Å². The normalized spacial score (nSPS) is 21.4. The molecule has 2 unspecified atom stereocenters. The Bertz CT molecular complexity index is 2130. The number of halogens is 4. The van der Waals surface area contributed by atoms with E-state index >= 15 is 4.39 Å². The molecule has 3 saturated carbocycles. The van der Waals surface area contributed by atoms with E-state index in [2.05, 4.69) is 15.3 Å². The summed E-state index contributed by atoms with van der Waals surface area (Å²) in [5, 5.41) is 13.2. The van der Waals surface area contributed by atoms with Crippen LogP contribution in [0.4, 0.5) is 23.4 Å². The number of hydrogen-bond acceptors (Lipinski definition) is 6. The molecule has 2 atom stereocenters. The number of hydrogen-bond donors (Lipinski definition) is 2. The van der Waals surface area contributed by atoms with Crippen LogP contribution in [0.25, 0.3) is 33.2 Å².